The van der Waals surface area contributed by atoms with E-state index in [-0.39, 0.29) is 23.9 Å². The SMILES string of the molecule is Cc1ccc(S(=O)(=O)N2CC(O)(C3CC3)C2)cc1N. The highest BCUT2D eigenvalue weighted by Gasteiger charge is 2.55. The summed E-state index contributed by atoms with van der Waals surface area (Å²) in [5, 5.41) is 10.2. The van der Waals surface area contributed by atoms with Crippen molar-refractivity contribution < 1.29 is 13.5 Å². The molecule has 19 heavy (non-hydrogen) atoms. The van der Waals surface area contributed by atoms with Gasteiger partial charge in [0.05, 0.1) is 10.5 Å². The van der Waals surface area contributed by atoms with E-state index >= 15 is 0 Å². The van der Waals surface area contributed by atoms with E-state index in [0.29, 0.717) is 5.69 Å². The van der Waals surface area contributed by atoms with Gasteiger partial charge in [-0.2, -0.15) is 4.31 Å². The highest BCUT2D eigenvalue weighted by atomic mass is 32.2. The molecule has 5 nitrogen and oxygen atoms in total. The number of benzene rings is 1. The molecule has 1 saturated carbocycles. The molecule has 1 heterocycles. The van der Waals surface area contributed by atoms with Gasteiger partial charge in [0, 0.05) is 18.8 Å². The molecule has 0 spiro atoms. The van der Waals surface area contributed by atoms with Crippen molar-refractivity contribution in [1.29, 1.82) is 0 Å². The molecule has 2 fully saturated rings. The number of aryl methyl sites for hydroxylation is 1. The van der Waals surface area contributed by atoms with Crippen LogP contribution in [0.15, 0.2) is 23.1 Å². The molecule has 3 rings (SSSR count). The summed E-state index contributed by atoms with van der Waals surface area (Å²) in [6.07, 6.45) is 2.00. The minimum Gasteiger partial charge on any atom is -0.398 e. The largest absolute Gasteiger partial charge is 0.398 e. The van der Waals surface area contributed by atoms with Gasteiger partial charge in [-0.05, 0) is 43.4 Å². The first-order chi connectivity index (χ1) is 8.83. The van der Waals surface area contributed by atoms with Gasteiger partial charge >= 0.3 is 0 Å². The van der Waals surface area contributed by atoms with E-state index in [2.05, 4.69) is 0 Å². The quantitative estimate of drug-likeness (QED) is 0.800. The Morgan fingerprint density at radius 1 is 1.37 bits per heavy atom. The lowest BCUT2D eigenvalue weighted by Crippen LogP contribution is -2.64. The molecule has 1 aromatic rings. The number of nitrogens with two attached hydrogens (primary N) is 1. The minimum atomic E-state index is -3.52. The van der Waals surface area contributed by atoms with E-state index in [1.165, 1.54) is 10.4 Å². The van der Waals surface area contributed by atoms with Crippen LogP contribution in [0, 0.1) is 12.8 Å². The van der Waals surface area contributed by atoms with Gasteiger partial charge in [0.2, 0.25) is 10.0 Å². The van der Waals surface area contributed by atoms with Crippen LogP contribution in [0.3, 0.4) is 0 Å². The van der Waals surface area contributed by atoms with E-state index < -0.39 is 15.6 Å². The molecule has 3 N–H and O–H groups in total. The van der Waals surface area contributed by atoms with Gasteiger partial charge in [0.25, 0.3) is 0 Å². The Morgan fingerprint density at radius 3 is 2.53 bits per heavy atom. The van der Waals surface area contributed by atoms with Crippen LogP contribution in [0.2, 0.25) is 0 Å². The lowest BCUT2D eigenvalue weighted by Gasteiger charge is -2.45. The first-order valence-electron chi connectivity index (χ1n) is 6.42. The van der Waals surface area contributed by atoms with Gasteiger partial charge in [0.1, 0.15) is 0 Å². The highest BCUT2D eigenvalue weighted by Crippen LogP contribution is 2.45. The summed E-state index contributed by atoms with van der Waals surface area (Å²) in [5.74, 6) is 0.280. The second-order valence-corrected chi connectivity index (χ2v) is 7.61. The number of rotatable bonds is 3. The molecule has 0 aromatic heterocycles. The first kappa shape index (κ1) is 12.9. The monoisotopic (exact) mass is 282 g/mol. The van der Waals surface area contributed by atoms with Crippen molar-refractivity contribution in [3.05, 3.63) is 23.8 Å². The van der Waals surface area contributed by atoms with Crippen molar-refractivity contribution in [3.63, 3.8) is 0 Å². The molecule has 0 bridgehead atoms. The molecule has 0 radical (unpaired) electrons. The number of hydrogen-bond acceptors (Lipinski definition) is 4. The molecule has 104 valence electrons. The molecular formula is C13H18N2O3S. The van der Waals surface area contributed by atoms with Gasteiger partial charge in [-0.1, -0.05) is 6.07 Å². The van der Waals surface area contributed by atoms with Crippen LogP contribution in [0.4, 0.5) is 5.69 Å². The number of sulfonamides is 1. The molecule has 2 aliphatic rings. The number of β-amino-alcohol motifs (C(OH)–C–C–N with tert-alkyl or cyclic N) is 1. The number of nitrogens with zero attached hydrogens (tertiary/aromatic N) is 1. The zero-order chi connectivity index (χ0) is 13.8. The summed E-state index contributed by atoms with van der Waals surface area (Å²) in [4.78, 5) is 0.202. The number of hydrogen-bond donors (Lipinski definition) is 2. The van der Waals surface area contributed by atoms with Crippen molar-refractivity contribution in [2.75, 3.05) is 18.8 Å². The summed E-state index contributed by atoms with van der Waals surface area (Å²) in [5.41, 5.74) is 6.28. The molecule has 0 unspecified atom stereocenters. The Kier molecular flexibility index (Phi) is 2.68. The smallest absolute Gasteiger partial charge is 0.243 e. The van der Waals surface area contributed by atoms with E-state index in [0.717, 1.165) is 18.4 Å². The third-order valence-corrected chi connectivity index (χ3v) is 5.91. The standard InChI is InChI=1S/C13H18N2O3S/c1-9-2-5-11(6-12(9)14)19(17,18)15-7-13(16,8-15)10-3-4-10/h2,5-6,10,16H,3-4,7-8,14H2,1H3. The maximum absolute atomic E-state index is 12.4. The lowest BCUT2D eigenvalue weighted by atomic mass is 9.91. The fourth-order valence-electron chi connectivity index (χ4n) is 2.54. The van der Waals surface area contributed by atoms with Crippen LogP contribution in [0.5, 0.6) is 0 Å². The molecule has 6 heteroatoms. The summed E-state index contributed by atoms with van der Waals surface area (Å²) >= 11 is 0. The molecule has 1 aromatic carbocycles. The van der Waals surface area contributed by atoms with Gasteiger partial charge in [-0.25, -0.2) is 8.42 Å². The average molecular weight is 282 g/mol. The van der Waals surface area contributed by atoms with Crippen LogP contribution in [-0.4, -0.2) is 36.5 Å². The molecule has 1 aliphatic carbocycles. The topological polar surface area (TPSA) is 83.6 Å². The Labute approximate surface area is 113 Å². The fraction of sp³-hybridized carbons (Fsp3) is 0.538. The van der Waals surface area contributed by atoms with E-state index in [1.54, 1.807) is 12.1 Å². The van der Waals surface area contributed by atoms with E-state index in [1.807, 2.05) is 6.92 Å². The van der Waals surface area contributed by atoms with Gasteiger partial charge in [-0.3, -0.25) is 0 Å². The Balaban J connectivity index is 1.82. The number of anilines is 1. The molecule has 1 saturated heterocycles. The van der Waals surface area contributed by atoms with Crippen LogP contribution in [0.1, 0.15) is 18.4 Å². The third kappa shape index (κ3) is 2.04. The van der Waals surface area contributed by atoms with Gasteiger partial charge in [-0.15, -0.1) is 0 Å². The number of nitrogen functional groups attached to an aromatic ring is 1. The number of aliphatic hydroxyl groups is 1. The Bertz CT molecular complexity index is 617. The predicted molar refractivity (Wildman–Crippen MR) is 72.0 cm³/mol. The molecule has 0 atom stereocenters. The molecule has 1 aliphatic heterocycles. The van der Waals surface area contributed by atoms with Crippen LogP contribution in [0.25, 0.3) is 0 Å². The summed E-state index contributed by atoms with van der Waals surface area (Å²) in [6, 6.07) is 4.75. The van der Waals surface area contributed by atoms with E-state index in [9.17, 15) is 13.5 Å². The Morgan fingerprint density at radius 2 is 2.00 bits per heavy atom. The maximum atomic E-state index is 12.4. The van der Waals surface area contributed by atoms with Crippen molar-refractivity contribution in [3.8, 4) is 0 Å². The lowest BCUT2D eigenvalue weighted by molar-refractivity contribution is -0.0764. The van der Waals surface area contributed by atoms with Gasteiger partial charge in [0.15, 0.2) is 0 Å². The van der Waals surface area contributed by atoms with Crippen molar-refractivity contribution in [1.82, 2.24) is 4.31 Å². The molecule has 0 amide bonds. The van der Waals surface area contributed by atoms with Crippen LogP contribution in [-0.2, 0) is 10.0 Å². The van der Waals surface area contributed by atoms with Crippen LogP contribution >= 0.6 is 0 Å². The Hall–Kier alpha value is -1.11. The maximum Gasteiger partial charge on any atom is 0.243 e. The van der Waals surface area contributed by atoms with Crippen molar-refractivity contribution in [2.24, 2.45) is 5.92 Å². The second-order valence-electron chi connectivity index (χ2n) is 5.67. The normalized spacial score (nSPS) is 23.1. The van der Waals surface area contributed by atoms with Crippen molar-refractivity contribution >= 4 is 15.7 Å². The zero-order valence-electron chi connectivity index (χ0n) is 10.8. The zero-order valence-corrected chi connectivity index (χ0v) is 11.7. The minimum absolute atomic E-state index is 0.202. The van der Waals surface area contributed by atoms with Crippen molar-refractivity contribution in [2.45, 2.75) is 30.3 Å². The third-order valence-electron chi connectivity index (χ3n) is 4.13. The van der Waals surface area contributed by atoms with Crippen LogP contribution < -0.4 is 5.73 Å². The summed E-state index contributed by atoms with van der Waals surface area (Å²) < 4.78 is 26.1. The molecular weight excluding hydrogens is 264 g/mol. The van der Waals surface area contributed by atoms with E-state index in [4.69, 9.17) is 5.73 Å². The first-order valence-corrected chi connectivity index (χ1v) is 7.86. The fourth-order valence-corrected chi connectivity index (χ4v) is 4.14. The second kappa shape index (κ2) is 3.94. The highest BCUT2D eigenvalue weighted by molar-refractivity contribution is 7.89. The predicted octanol–water partition coefficient (Wildman–Crippen LogP) is 0.723. The van der Waals surface area contributed by atoms with Gasteiger partial charge < -0.3 is 10.8 Å². The summed E-state index contributed by atoms with van der Waals surface area (Å²) in [6.45, 7) is 2.24. The average Bonchev–Trinajstić information content (AvgIpc) is 3.12. The summed E-state index contributed by atoms with van der Waals surface area (Å²) in [7, 11) is -3.52.